The van der Waals surface area contributed by atoms with E-state index < -0.39 is 9.84 Å². The first-order valence-corrected chi connectivity index (χ1v) is 10.8. The number of hydrogen-bond acceptors (Lipinski definition) is 5. The summed E-state index contributed by atoms with van der Waals surface area (Å²) in [4.78, 5) is 26.6. The van der Waals surface area contributed by atoms with E-state index in [1.54, 1.807) is 37.3 Å². The number of fused-ring (bicyclic) bond motifs is 1. The van der Waals surface area contributed by atoms with E-state index in [2.05, 4.69) is 5.32 Å². The Kier molecular flexibility index (Phi) is 5.69. The van der Waals surface area contributed by atoms with Gasteiger partial charge < -0.3 is 10.1 Å². The number of ether oxygens (including phenoxy) is 1. The second-order valence-corrected chi connectivity index (χ2v) is 8.69. The lowest BCUT2D eigenvalue weighted by Crippen LogP contribution is -2.41. The summed E-state index contributed by atoms with van der Waals surface area (Å²) < 4.78 is 28.7. The van der Waals surface area contributed by atoms with Crippen LogP contribution in [0.3, 0.4) is 0 Å². The molecule has 1 atom stereocenters. The van der Waals surface area contributed by atoms with E-state index in [0.717, 1.165) is 11.8 Å². The second kappa shape index (κ2) is 8.02. The zero-order valence-corrected chi connectivity index (χ0v) is 16.5. The molecule has 3 rings (SSSR count). The second-order valence-electron chi connectivity index (χ2n) is 6.68. The Labute approximate surface area is 164 Å². The average Bonchev–Trinajstić information content (AvgIpc) is 2.80. The number of benzene rings is 2. The average molecular weight is 402 g/mol. The quantitative estimate of drug-likeness (QED) is 0.827. The zero-order chi connectivity index (χ0) is 20.3. The van der Waals surface area contributed by atoms with Crippen molar-refractivity contribution in [2.45, 2.75) is 24.3 Å². The van der Waals surface area contributed by atoms with E-state index in [9.17, 15) is 18.0 Å². The number of nitrogens with one attached hydrogen (secondary N) is 1. The third-order valence-electron chi connectivity index (χ3n) is 4.52. The Morgan fingerprint density at radius 3 is 2.54 bits per heavy atom. The lowest BCUT2D eigenvalue weighted by atomic mass is 10.1. The molecule has 2 amide bonds. The van der Waals surface area contributed by atoms with E-state index in [0.29, 0.717) is 11.4 Å². The molecule has 0 bridgehead atoms. The van der Waals surface area contributed by atoms with Crippen molar-refractivity contribution in [1.82, 2.24) is 5.32 Å². The van der Waals surface area contributed by atoms with Gasteiger partial charge in [-0.05, 0) is 36.8 Å². The van der Waals surface area contributed by atoms with Crippen molar-refractivity contribution in [3.05, 3.63) is 54.1 Å². The number of hydrogen-bond donors (Lipinski definition) is 1. The van der Waals surface area contributed by atoms with Crippen molar-refractivity contribution in [2.75, 3.05) is 24.3 Å². The molecule has 2 aromatic rings. The lowest BCUT2D eigenvalue weighted by molar-refractivity contribution is -0.124. The van der Waals surface area contributed by atoms with Crippen LogP contribution in [0.1, 0.15) is 24.9 Å². The molecule has 8 heteroatoms. The van der Waals surface area contributed by atoms with Gasteiger partial charge in [-0.1, -0.05) is 24.3 Å². The molecule has 0 aliphatic carbocycles. The fraction of sp³-hybridized carbons (Fsp3) is 0.300. The lowest BCUT2D eigenvalue weighted by Gasteiger charge is -2.23. The fourth-order valence-corrected chi connectivity index (χ4v) is 3.64. The number of amides is 2. The summed E-state index contributed by atoms with van der Waals surface area (Å²) in [5, 5.41) is 2.85. The van der Waals surface area contributed by atoms with Crippen LogP contribution in [0.4, 0.5) is 5.69 Å². The molecule has 1 N–H and O–H groups in total. The molecule has 0 aromatic heterocycles. The van der Waals surface area contributed by atoms with Crippen LogP contribution in [0.2, 0.25) is 0 Å². The highest BCUT2D eigenvalue weighted by molar-refractivity contribution is 7.90. The standard InChI is InChI=1S/C20H22N2O5S/c1-14(15-7-9-16(10-8-15)28(2,25)26)21-19(23)13-22-17-5-3-4-6-18(17)27-12-11-20(22)24/h3-10,14H,11-13H2,1-2H3,(H,21,23)/t14-/m0/s1. The van der Waals surface area contributed by atoms with Gasteiger partial charge in [0.2, 0.25) is 11.8 Å². The van der Waals surface area contributed by atoms with Gasteiger partial charge >= 0.3 is 0 Å². The van der Waals surface area contributed by atoms with Crippen molar-refractivity contribution in [1.29, 1.82) is 0 Å². The summed E-state index contributed by atoms with van der Waals surface area (Å²) in [5.41, 5.74) is 1.34. The number of para-hydroxylation sites is 2. The predicted molar refractivity (Wildman–Crippen MR) is 105 cm³/mol. The molecule has 0 spiro atoms. The fourth-order valence-electron chi connectivity index (χ4n) is 3.01. The Morgan fingerprint density at radius 2 is 1.86 bits per heavy atom. The predicted octanol–water partition coefficient (Wildman–Crippen LogP) is 2.08. The normalized spacial score (nSPS) is 15.2. The molecule has 2 aromatic carbocycles. The van der Waals surface area contributed by atoms with E-state index in [1.165, 1.54) is 17.0 Å². The van der Waals surface area contributed by atoms with Crippen LogP contribution in [-0.2, 0) is 19.4 Å². The van der Waals surface area contributed by atoms with Crippen molar-refractivity contribution in [3.8, 4) is 5.75 Å². The van der Waals surface area contributed by atoms with Crippen LogP contribution in [0, 0.1) is 0 Å². The molecule has 0 unspecified atom stereocenters. The smallest absolute Gasteiger partial charge is 0.240 e. The highest BCUT2D eigenvalue weighted by Gasteiger charge is 2.25. The SMILES string of the molecule is C[C@H](NC(=O)CN1C(=O)CCOc2ccccc21)c1ccc(S(C)(=O)=O)cc1. The molecule has 148 valence electrons. The first-order chi connectivity index (χ1) is 13.3. The monoisotopic (exact) mass is 402 g/mol. The number of sulfone groups is 1. The van der Waals surface area contributed by atoms with Crippen molar-refractivity contribution in [2.24, 2.45) is 0 Å². The maximum Gasteiger partial charge on any atom is 0.240 e. The van der Waals surface area contributed by atoms with Crippen molar-refractivity contribution >= 4 is 27.3 Å². The molecule has 1 heterocycles. The Hall–Kier alpha value is -2.87. The first kappa shape index (κ1) is 19.9. The highest BCUT2D eigenvalue weighted by atomic mass is 32.2. The van der Waals surface area contributed by atoms with Gasteiger partial charge in [0.15, 0.2) is 9.84 Å². The summed E-state index contributed by atoms with van der Waals surface area (Å²) in [6, 6.07) is 13.1. The number of carbonyl (C=O) groups excluding carboxylic acids is 2. The summed E-state index contributed by atoms with van der Waals surface area (Å²) in [6.45, 7) is 1.96. The highest BCUT2D eigenvalue weighted by Crippen LogP contribution is 2.30. The molecule has 1 aliphatic heterocycles. The molecule has 7 nitrogen and oxygen atoms in total. The molecule has 28 heavy (non-hydrogen) atoms. The van der Waals surface area contributed by atoms with Crippen molar-refractivity contribution < 1.29 is 22.7 Å². The van der Waals surface area contributed by atoms with Gasteiger partial charge in [0.1, 0.15) is 12.3 Å². The van der Waals surface area contributed by atoms with Gasteiger partial charge in [-0.2, -0.15) is 0 Å². The number of nitrogens with zero attached hydrogens (tertiary/aromatic N) is 1. The van der Waals surface area contributed by atoms with Crippen LogP contribution < -0.4 is 15.0 Å². The maximum absolute atomic E-state index is 12.5. The minimum Gasteiger partial charge on any atom is -0.491 e. The van der Waals surface area contributed by atoms with Crippen LogP contribution in [0.5, 0.6) is 5.75 Å². The van der Waals surface area contributed by atoms with Gasteiger partial charge in [-0.15, -0.1) is 0 Å². The Morgan fingerprint density at radius 1 is 1.18 bits per heavy atom. The van der Waals surface area contributed by atoms with Gasteiger partial charge in [-0.3, -0.25) is 14.5 Å². The molecule has 0 radical (unpaired) electrons. The molecule has 0 saturated heterocycles. The van der Waals surface area contributed by atoms with E-state index in [-0.39, 0.29) is 42.3 Å². The minimum atomic E-state index is -3.27. The van der Waals surface area contributed by atoms with Crippen LogP contribution >= 0.6 is 0 Å². The third kappa shape index (κ3) is 4.51. The molecule has 0 fully saturated rings. The molecular weight excluding hydrogens is 380 g/mol. The van der Waals surface area contributed by atoms with E-state index >= 15 is 0 Å². The first-order valence-electron chi connectivity index (χ1n) is 8.87. The molecule has 0 saturated carbocycles. The number of carbonyl (C=O) groups is 2. The number of rotatable bonds is 5. The van der Waals surface area contributed by atoms with Crippen LogP contribution in [-0.4, -0.2) is 39.6 Å². The minimum absolute atomic E-state index is 0.120. The summed E-state index contributed by atoms with van der Waals surface area (Å²) in [5.74, 6) is 0.0839. The van der Waals surface area contributed by atoms with Gasteiger partial charge in [0.25, 0.3) is 0 Å². The number of anilines is 1. The maximum atomic E-state index is 12.5. The van der Waals surface area contributed by atoms with Crippen molar-refractivity contribution in [3.63, 3.8) is 0 Å². The summed E-state index contributed by atoms with van der Waals surface area (Å²) in [7, 11) is -3.27. The zero-order valence-electron chi connectivity index (χ0n) is 15.7. The largest absolute Gasteiger partial charge is 0.491 e. The third-order valence-corrected chi connectivity index (χ3v) is 5.65. The molecular formula is C20H22N2O5S. The Balaban J connectivity index is 1.70. The van der Waals surface area contributed by atoms with Crippen LogP contribution in [0.15, 0.2) is 53.4 Å². The summed E-state index contributed by atoms with van der Waals surface area (Å²) >= 11 is 0. The van der Waals surface area contributed by atoms with Gasteiger partial charge in [0, 0.05) is 6.26 Å². The van der Waals surface area contributed by atoms with Gasteiger partial charge in [-0.25, -0.2) is 8.42 Å². The Bertz CT molecular complexity index is 986. The summed E-state index contributed by atoms with van der Waals surface area (Å²) in [6.07, 6.45) is 1.34. The van der Waals surface area contributed by atoms with Gasteiger partial charge in [0.05, 0.1) is 29.7 Å². The van der Waals surface area contributed by atoms with Crippen LogP contribution in [0.25, 0.3) is 0 Å². The van der Waals surface area contributed by atoms with E-state index in [4.69, 9.17) is 4.74 Å². The van der Waals surface area contributed by atoms with E-state index in [1.807, 2.05) is 6.07 Å². The molecule has 1 aliphatic rings. The topological polar surface area (TPSA) is 92.8 Å².